The van der Waals surface area contributed by atoms with Crippen molar-refractivity contribution in [2.24, 2.45) is 4.99 Å². The number of carbonyl (C=O) groups is 2. The van der Waals surface area contributed by atoms with E-state index in [4.69, 9.17) is 4.74 Å². The van der Waals surface area contributed by atoms with Crippen molar-refractivity contribution in [3.63, 3.8) is 0 Å². The number of hydrogen-bond donors (Lipinski definition) is 0. The van der Waals surface area contributed by atoms with E-state index in [0.717, 1.165) is 33.5 Å². The monoisotopic (exact) mass is 445 g/mol. The summed E-state index contributed by atoms with van der Waals surface area (Å²) in [6.45, 7) is 9.47. The van der Waals surface area contributed by atoms with E-state index in [2.05, 4.69) is 9.98 Å². The highest BCUT2D eigenvalue weighted by molar-refractivity contribution is 7.14. The Morgan fingerprint density at radius 1 is 1.03 bits per heavy atom. The predicted octanol–water partition coefficient (Wildman–Crippen LogP) is 5.41. The Kier molecular flexibility index (Phi) is 5.76. The summed E-state index contributed by atoms with van der Waals surface area (Å²) in [6.07, 6.45) is 1.58. The van der Waals surface area contributed by atoms with Crippen LogP contribution in [0.5, 0.6) is 0 Å². The third-order valence-electron chi connectivity index (χ3n) is 5.34. The average Bonchev–Trinajstić information content (AvgIpc) is 3.34. The fourth-order valence-corrected chi connectivity index (χ4v) is 4.37. The number of nitrogens with zero attached hydrogens (tertiary/aromatic N) is 3. The van der Waals surface area contributed by atoms with Crippen LogP contribution in [0.1, 0.15) is 40.4 Å². The van der Waals surface area contributed by atoms with Crippen molar-refractivity contribution in [3.05, 3.63) is 81.0 Å². The molecule has 0 fully saturated rings. The van der Waals surface area contributed by atoms with Crippen LogP contribution in [0.3, 0.4) is 0 Å². The summed E-state index contributed by atoms with van der Waals surface area (Å²) in [5.41, 5.74) is 6.51. The minimum atomic E-state index is -0.522. The fraction of sp³-hybridized carbons (Fsp3) is 0.200. The summed E-state index contributed by atoms with van der Waals surface area (Å²) in [7, 11) is 0. The minimum absolute atomic E-state index is 0.133. The Hall–Kier alpha value is -3.58. The van der Waals surface area contributed by atoms with Crippen LogP contribution < -0.4 is 4.90 Å². The third-order valence-corrected chi connectivity index (χ3v) is 6.18. The van der Waals surface area contributed by atoms with E-state index in [-0.39, 0.29) is 17.5 Å². The predicted molar refractivity (Wildman–Crippen MR) is 127 cm³/mol. The summed E-state index contributed by atoms with van der Waals surface area (Å²) in [5.74, 6) is -0.377. The van der Waals surface area contributed by atoms with E-state index in [0.29, 0.717) is 10.8 Å². The van der Waals surface area contributed by atoms with Gasteiger partial charge in [0.05, 0.1) is 11.4 Å². The number of benzene rings is 2. The lowest BCUT2D eigenvalue weighted by Gasteiger charge is -2.22. The van der Waals surface area contributed by atoms with Gasteiger partial charge in [0.1, 0.15) is 0 Å². The number of para-hydroxylation sites is 1. The maximum atomic E-state index is 12.5. The molecule has 1 aromatic heterocycles. The molecule has 1 aliphatic heterocycles. The molecular formula is C25H23N3O3S. The van der Waals surface area contributed by atoms with Gasteiger partial charge in [0, 0.05) is 17.9 Å². The van der Waals surface area contributed by atoms with Gasteiger partial charge in [-0.1, -0.05) is 24.3 Å². The van der Waals surface area contributed by atoms with Crippen molar-refractivity contribution in [1.29, 1.82) is 0 Å². The molecule has 0 bridgehead atoms. The van der Waals surface area contributed by atoms with Gasteiger partial charge in [-0.3, -0.25) is 9.69 Å². The first-order valence-electron chi connectivity index (χ1n) is 10.2. The van der Waals surface area contributed by atoms with Gasteiger partial charge in [0.15, 0.2) is 10.8 Å². The first kappa shape index (κ1) is 21.6. The summed E-state index contributed by atoms with van der Waals surface area (Å²) in [4.78, 5) is 35.4. The zero-order valence-electron chi connectivity index (χ0n) is 18.6. The summed E-state index contributed by atoms with van der Waals surface area (Å²) < 4.78 is 5.37. The molecule has 2 aromatic carbocycles. The molecule has 162 valence electrons. The molecule has 0 aliphatic carbocycles. The third kappa shape index (κ3) is 4.11. The van der Waals surface area contributed by atoms with Gasteiger partial charge >= 0.3 is 5.97 Å². The molecule has 6 nitrogen and oxygen atoms in total. The molecule has 1 aliphatic rings. The number of aryl methyl sites for hydroxylation is 4. The van der Waals surface area contributed by atoms with Gasteiger partial charge in [0.2, 0.25) is 11.8 Å². The van der Waals surface area contributed by atoms with E-state index in [1.54, 1.807) is 16.4 Å². The molecule has 0 unspecified atom stereocenters. The molecular weight excluding hydrogens is 422 g/mol. The number of ether oxygens (including phenoxy) is 1. The van der Waals surface area contributed by atoms with E-state index in [9.17, 15) is 9.59 Å². The second kappa shape index (κ2) is 8.51. The van der Waals surface area contributed by atoms with Gasteiger partial charge in [0.25, 0.3) is 0 Å². The smallest absolute Gasteiger partial charge is 0.363 e. The summed E-state index contributed by atoms with van der Waals surface area (Å²) in [6, 6.07) is 11.7. The molecule has 32 heavy (non-hydrogen) atoms. The molecule has 2 heterocycles. The van der Waals surface area contributed by atoms with Crippen molar-refractivity contribution < 1.29 is 14.3 Å². The van der Waals surface area contributed by atoms with Crippen LogP contribution in [0.2, 0.25) is 0 Å². The standard InChI is InChI=1S/C25H23N3O3S/c1-14-9-10-19(11-17(14)4)23-27-21(24(30)31-23)12-20-13-32-25(26-20)28(18(5)29)22-15(2)7-6-8-16(22)3/h6-13H,1-5H3/b21-12+. The number of cyclic esters (lactones) is 1. The maximum Gasteiger partial charge on any atom is 0.363 e. The molecule has 0 N–H and O–H groups in total. The number of anilines is 2. The van der Waals surface area contributed by atoms with Crippen LogP contribution in [-0.2, 0) is 14.3 Å². The maximum absolute atomic E-state index is 12.5. The van der Waals surface area contributed by atoms with Crippen LogP contribution >= 0.6 is 11.3 Å². The first-order valence-corrected chi connectivity index (χ1v) is 11.0. The average molecular weight is 446 g/mol. The molecule has 0 atom stereocenters. The molecule has 0 saturated heterocycles. The highest BCUT2D eigenvalue weighted by Crippen LogP contribution is 2.34. The Morgan fingerprint density at radius 2 is 1.75 bits per heavy atom. The second-order valence-corrected chi connectivity index (χ2v) is 8.62. The van der Waals surface area contributed by atoms with Crippen LogP contribution in [0, 0.1) is 27.7 Å². The summed E-state index contributed by atoms with van der Waals surface area (Å²) >= 11 is 1.33. The Morgan fingerprint density at radius 3 is 2.41 bits per heavy atom. The Balaban J connectivity index is 1.67. The SMILES string of the molecule is CC(=O)N(c1nc(/C=C2/N=C(c3ccc(C)c(C)c3)OC2=O)cs1)c1c(C)cccc1C. The molecule has 0 spiro atoms. The normalized spacial score (nSPS) is 14.5. The lowest BCUT2D eigenvalue weighted by molar-refractivity contribution is -0.130. The van der Waals surface area contributed by atoms with Crippen molar-refractivity contribution >= 4 is 46.0 Å². The summed E-state index contributed by atoms with van der Waals surface area (Å²) in [5, 5.41) is 2.33. The molecule has 3 aromatic rings. The largest absolute Gasteiger partial charge is 0.402 e. The van der Waals surface area contributed by atoms with Crippen LogP contribution in [0.15, 0.2) is 52.5 Å². The molecule has 0 saturated carbocycles. The van der Waals surface area contributed by atoms with E-state index >= 15 is 0 Å². The number of hydrogen-bond acceptors (Lipinski definition) is 6. The lowest BCUT2D eigenvalue weighted by Crippen LogP contribution is -2.24. The van der Waals surface area contributed by atoms with Crippen molar-refractivity contribution in [2.45, 2.75) is 34.6 Å². The zero-order chi connectivity index (χ0) is 23.0. The number of esters is 1. The minimum Gasteiger partial charge on any atom is -0.402 e. The lowest BCUT2D eigenvalue weighted by atomic mass is 10.1. The van der Waals surface area contributed by atoms with Crippen molar-refractivity contribution in [3.8, 4) is 0 Å². The highest BCUT2D eigenvalue weighted by atomic mass is 32.1. The number of amides is 1. The van der Waals surface area contributed by atoms with Crippen LogP contribution in [0.4, 0.5) is 10.8 Å². The van der Waals surface area contributed by atoms with Gasteiger partial charge in [-0.15, -0.1) is 11.3 Å². The number of rotatable bonds is 4. The van der Waals surface area contributed by atoms with Crippen molar-refractivity contribution in [1.82, 2.24) is 4.98 Å². The van der Waals surface area contributed by atoms with E-state index < -0.39 is 5.97 Å². The highest BCUT2D eigenvalue weighted by Gasteiger charge is 2.26. The first-order chi connectivity index (χ1) is 15.2. The van der Waals surface area contributed by atoms with Gasteiger partial charge in [-0.05, 0) is 68.2 Å². The number of thiazole rings is 1. The quantitative estimate of drug-likeness (QED) is 0.398. The van der Waals surface area contributed by atoms with Gasteiger partial charge in [-0.25, -0.2) is 14.8 Å². The number of carbonyl (C=O) groups excluding carboxylic acids is 2. The van der Waals surface area contributed by atoms with E-state index in [1.165, 1.54) is 18.3 Å². The number of aliphatic imine (C=N–C) groups is 1. The van der Waals surface area contributed by atoms with Gasteiger partial charge < -0.3 is 4.74 Å². The van der Waals surface area contributed by atoms with E-state index in [1.807, 2.05) is 64.1 Å². The van der Waals surface area contributed by atoms with Crippen LogP contribution in [-0.4, -0.2) is 22.8 Å². The van der Waals surface area contributed by atoms with Crippen LogP contribution in [0.25, 0.3) is 6.08 Å². The van der Waals surface area contributed by atoms with Crippen molar-refractivity contribution in [2.75, 3.05) is 4.90 Å². The zero-order valence-corrected chi connectivity index (χ0v) is 19.4. The molecule has 0 radical (unpaired) electrons. The van der Waals surface area contributed by atoms with Gasteiger partial charge in [-0.2, -0.15) is 0 Å². The molecule has 4 rings (SSSR count). The fourth-order valence-electron chi connectivity index (χ4n) is 3.54. The molecule has 7 heteroatoms. The molecule has 1 amide bonds. The second-order valence-electron chi connectivity index (χ2n) is 7.78. The topological polar surface area (TPSA) is 71.9 Å². The Labute approximate surface area is 190 Å². The number of aromatic nitrogens is 1. The Bertz CT molecular complexity index is 1280.